The minimum absolute atomic E-state index is 0.0396. The number of carbonyl (C=O) groups is 1. The first-order valence-electron chi connectivity index (χ1n) is 5.20. The topological polar surface area (TPSA) is 17.1 Å². The lowest BCUT2D eigenvalue weighted by Crippen LogP contribution is -2.02. The summed E-state index contributed by atoms with van der Waals surface area (Å²) < 4.78 is 0. The highest BCUT2D eigenvalue weighted by Crippen LogP contribution is 2.30. The van der Waals surface area contributed by atoms with Crippen LogP contribution in [0.4, 0.5) is 0 Å². The molecule has 0 aliphatic heterocycles. The Hall–Kier alpha value is -0.540. The van der Waals surface area contributed by atoms with Crippen LogP contribution >= 0.6 is 46.1 Å². The number of carbonyl (C=O) groups excluding carboxylic acids is 1. The normalized spacial score (nSPS) is 10.7. The van der Waals surface area contributed by atoms with Crippen LogP contribution in [0.15, 0.2) is 23.6 Å². The lowest BCUT2D eigenvalue weighted by molar-refractivity contribution is 0.0997. The molecule has 94 valence electrons. The lowest BCUT2D eigenvalue weighted by atomic mass is 10.1. The highest BCUT2D eigenvalue weighted by molar-refractivity contribution is 7.13. The first kappa shape index (κ1) is 13.9. The van der Waals surface area contributed by atoms with Crippen LogP contribution in [0.3, 0.4) is 0 Å². The number of Topliss-reactive ketones (excluding diaryl/α,β-unsaturated/α-hetero) is 1. The second-order valence-corrected chi connectivity index (χ2v) is 5.92. The average Bonchev–Trinajstić information content (AvgIpc) is 2.66. The predicted molar refractivity (Wildman–Crippen MR) is 78.6 cm³/mol. The third kappa shape index (κ3) is 2.72. The lowest BCUT2D eigenvalue weighted by Gasteiger charge is -2.04. The summed E-state index contributed by atoms with van der Waals surface area (Å²) in [5.41, 5.74) is 1.64. The van der Waals surface area contributed by atoms with Crippen molar-refractivity contribution in [2.24, 2.45) is 0 Å². The van der Waals surface area contributed by atoms with E-state index in [2.05, 4.69) is 0 Å². The van der Waals surface area contributed by atoms with E-state index >= 15 is 0 Å². The summed E-state index contributed by atoms with van der Waals surface area (Å²) in [5, 5.41) is 3.28. The van der Waals surface area contributed by atoms with Crippen LogP contribution in [0.25, 0.3) is 0 Å². The van der Waals surface area contributed by atoms with E-state index in [-0.39, 0.29) is 12.2 Å². The van der Waals surface area contributed by atoms with E-state index in [4.69, 9.17) is 34.8 Å². The zero-order chi connectivity index (χ0) is 13.3. The minimum atomic E-state index is -0.0396. The summed E-state index contributed by atoms with van der Waals surface area (Å²) in [4.78, 5) is 12.7. The van der Waals surface area contributed by atoms with Gasteiger partial charge in [-0.1, -0.05) is 46.9 Å². The number of thiophene rings is 1. The molecule has 0 spiro atoms. The molecule has 0 amide bonds. The molecule has 1 heterocycles. The highest BCUT2D eigenvalue weighted by atomic mass is 35.5. The molecule has 0 saturated carbocycles. The van der Waals surface area contributed by atoms with Gasteiger partial charge in [-0.05, 0) is 29.5 Å². The Bertz CT molecular complexity index is 604. The molecule has 5 heteroatoms. The third-order valence-corrected chi connectivity index (χ3v) is 5.13. The molecule has 1 nitrogen and oxygen atoms in total. The molecule has 1 aromatic heterocycles. The van der Waals surface area contributed by atoms with Gasteiger partial charge in [-0.15, -0.1) is 11.3 Å². The number of ketones is 1. The van der Waals surface area contributed by atoms with E-state index in [1.165, 1.54) is 11.3 Å². The molecule has 0 bridgehead atoms. The van der Waals surface area contributed by atoms with Gasteiger partial charge in [-0.25, -0.2) is 0 Å². The maximum atomic E-state index is 12.1. The zero-order valence-electron chi connectivity index (χ0n) is 9.47. The van der Waals surface area contributed by atoms with E-state index < -0.39 is 0 Å². The third-order valence-electron chi connectivity index (χ3n) is 2.53. The van der Waals surface area contributed by atoms with E-state index in [0.29, 0.717) is 19.9 Å². The van der Waals surface area contributed by atoms with Crippen molar-refractivity contribution in [1.29, 1.82) is 0 Å². The summed E-state index contributed by atoms with van der Waals surface area (Å²) in [6.45, 7) is 1.88. The molecule has 0 aliphatic carbocycles. The van der Waals surface area contributed by atoms with Crippen LogP contribution in [0.5, 0.6) is 0 Å². The van der Waals surface area contributed by atoms with Crippen molar-refractivity contribution in [3.05, 3.63) is 54.7 Å². The molecule has 0 radical (unpaired) electrons. The molecule has 0 aliphatic rings. The molecule has 1 aromatic carbocycles. The fourth-order valence-electron chi connectivity index (χ4n) is 1.56. The molecule has 0 unspecified atom stereocenters. The number of rotatable bonds is 3. The molecule has 0 atom stereocenters. The molecule has 18 heavy (non-hydrogen) atoms. The van der Waals surface area contributed by atoms with Gasteiger partial charge in [0, 0.05) is 6.42 Å². The van der Waals surface area contributed by atoms with Gasteiger partial charge in [0.25, 0.3) is 0 Å². The summed E-state index contributed by atoms with van der Waals surface area (Å²) in [7, 11) is 0. The quantitative estimate of drug-likeness (QED) is 0.688. The van der Waals surface area contributed by atoms with E-state index in [1.807, 2.05) is 12.3 Å². The first-order chi connectivity index (χ1) is 8.50. The predicted octanol–water partition coefficient (Wildman–Crippen LogP) is 5.44. The molecular weight excluding hydrogens is 311 g/mol. The number of halogens is 3. The van der Waals surface area contributed by atoms with Crippen molar-refractivity contribution in [2.45, 2.75) is 13.3 Å². The summed E-state index contributed by atoms with van der Waals surface area (Å²) >= 11 is 19.4. The van der Waals surface area contributed by atoms with Gasteiger partial charge < -0.3 is 0 Å². The smallest absolute Gasteiger partial charge is 0.178 e. The van der Waals surface area contributed by atoms with Gasteiger partial charge in [0.05, 0.1) is 19.9 Å². The number of aryl methyl sites for hydroxylation is 1. The van der Waals surface area contributed by atoms with Crippen LogP contribution in [0.2, 0.25) is 15.1 Å². The Balaban J connectivity index is 2.27. The Labute approximate surface area is 124 Å². The van der Waals surface area contributed by atoms with Gasteiger partial charge in [-0.3, -0.25) is 4.79 Å². The van der Waals surface area contributed by atoms with E-state index in [1.54, 1.807) is 18.2 Å². The molecular formula is C13H9Cl3OS. The van der Waals surface area contributed by atoms with Crippen LogP contribution in [0.1, 0.15) is 20.8 Å². The monoisotopic (exact) mass is 318 g/mol. The van der Waals surface area contributed by atoms with Crippen LogP contribution in [0, 0.1) is 6.92 Å². The van der Waals surface area contributed by atoms with Crippen molar-refractivity contribution in [2.75, 3.05) is 0 Å². The van der Waals surface area contributed by atoms with Gasteiger partial charge in [-0.2, -0.15) is 0 Å². The van der Waals surface area contributed by atoms with E-state index in [0.717, 1.165) is 11.1 Å². The number of hydrogen-bond donors (Lipinski definition) is 0. The Morgan fingerprint density at radius 3 is 2.56 bits per heavy atom. The number of benzene rings is 1. The summed E-state index contributed by atoms with van der Waals surface area (Å²) in [6, 6.07) is 5.26. The summed E-state index contributed by atoms with van der Waals surface area (Å²) in [6.07, 6.45) is 0.207. The fourth-order valence-corrected chi connectivity index (χ4v) is 3.18. The second-order valence-electron chi connectivity index (χ2n) is 3.87. The Morgan fingerprint density at radius 2 is 1.94 bits per heavy atom. The van der Waals surface area contributed by atoms with E-state index in [9.17, 15) is 4.79 Å². The zero-order valence-corrected chi connectivity index (χ0v) is 12.6. The molecule has 2 rings (SSSR count). The average molecular weight is 320 g/mol. The minimum Gasteiger partial charge on any atom is -0.293 e. The Kier molecular flexibility index (Phi) is 4.33. The van der Waals surface area contributed by atoms with Gasteiger partial charge in [0.1, 0.15) is 0 Å². The Morgan fingerprint density at radius 1 is 1.22 bits per heavy atom. The highest BCUT2D eigenvalue weighted by Gasteiger charge is 2.16. The molecule has 2 aromatic rings. The first-order valence-corrected chi connectivity index (χ1v) is 7.21. The van der Waals surface area contributed by atoms with Gasteiger partial charge >= 0.3 is 0 Å². The molecule has 0 fully saturated rings. The van der Waals surface area contributed by atoms with Crippen molar-refractivity contribution in [3.8, 4) is 0 Å². The molecule has 0 saturated heterocycles. The standard InChI is InChI=1S/C13H9Cl3OS/c1-7-6-18-13(11(7)15)10(17)5-8-3-2-4-9(14)12(8)16/h2-4,6H,5H2,1H3. The van der Waals surface area contributed by atoms with Crippen molar-refractivity contribution in [1.82, 2.24) is 0 Å². The van der Waals surface area contributed by atoms with Crippen molar-refractivity contribution < 1.29 is 4.79 Å². The van der Waals surface area contributed by atoms with Crippen molar-refractivity contribution >= 4 is 51.9 Å². The van der Waals surface area contributed by atoms with Crippen molar-refractivity contribution in [3.63, 3.8) is 0 Å². The number of hydrogen-bond acceptors (Lipinski definition) is 2. The maximum absolute atomic E-state index is 12.1. The summed E-state index contributed by atoms with van der Waals surface area (Å²) in [5.74, 6) is -0.0396. The van der Waals surface area contributed by atoms with Gasteiger partial charge in [0.2, 0.25) is 0 Å². The fraction of sp³-hybridized carbons (Fsp3) is 0.154. The molecule has 0 N–H and O–H groups in total. The SMILES string of the molecule is Cc1csc(C(=O)Cc2cccc(Cl)c2Cl)c1Cl. The van der Waals surface area contributed by atoms with Crippen LogP contribution < -0.4 is 0 Å². The van der Waals surface area contributed by atoms with Crippen LogP contribution in [-0.2, 0) is 6.42 Å². The second kappa shape index (κ2) is 5.62. The largest absolute Gasteiger partial charge is 0.293 e. The maximum Gasteiger partial charge on any atom is 0.178 e. The van der Waals surface area contributed by atoms with Gasteiger partial charge in [0.15, 0.2) is 5.78 Å². The van der Waals surface area contributed by atoms with Crippen LogP contribution in [-0.4, -0.2) is 5.78 Å².